The largest absolute Gasteiger partial charge is 0.350 e. The lowest BCUT2D eigenvalue weighted by molar-refractivity contribution is -0.122. The number of carbonyl (C=O) groups is 2. The van der Waals surface area contributed by atoms with Crippen molar-refractivity contribution in [3.05, 3.63) is 83.7 Å². The minimum absolute atomic E-state index is 0.0243. The minimum atomic E-state index is -0.649. The number of nitrogens with zero attached hydrogens (tertiary/aromatic N) is 2. The molecule has 3 rings (SSSR count). The molecule has 0 aliphatic carbocycles. The molecule has 1 atom stereocenters. The number of hydrogen-bond acceptors (Lipinski definition) is 3. The van der Waals surface area contributed by atoms with Crippen molar-refractivity contribution in [3.63, 3.8) is 0 Å². The molecule has 3 aromatic rings. The van der Waals surface area contributed by atoms with Crippen LogP contribution in [-0.2, 0) is 16.8 Å². The van der Waals surface area contributed by atoms with E-state index >= 15 is 0 Å². The minimum Gasteiger partial charge on any atom is -0.350 e. The Bertz CT molecular complexity index is 1000. The first-order valence-corrected chi connectivity index (χ1v) is 10.0. The Labute approximate surface area is 177 Å². The average Bonchev–Trinajstić information content (AvgIpc) is 3.21. The molecule has 30 heavy (non-hydrogen) atoms. The highest BCUT2D eigenvalue weighted by Gasteiger charge is 2.18. The second-order valence-corrected chi connectivity index (χ2v) is 8.37. The maximum Gasteiger partial charge on any atom is 0.251 e. The van der Waals surface area contributed by atoms with Crippen molar-refractivity contribution < 1.29 is 9.59 Å². The van der Waals surface area contributed by atoms with Crippen LogP contribution in [0, 0.1) is 0 Å². The van der Waals surface area contributed by atoms with E-state index in [0.29, 0.717) is 12.1 Å². The third-order valence-electron chi connectivity index (χ3n) is 4.88. The highest BCUT2D eigenvalue weighted by molar-refractivity contribution is 5.97. The summed E-state index contributed by atoms with van der Waals surface area (Å²) < 4.78 is 1.76. The van der Waals surface area contributed by atoms with Gasteiger partial charge in [0.2, 0.25) is 5.91 Å². The Morgan fingerprint density at radius 3 is 2.33 bits per heavy atom. The zero-order valence-electron chi connectivity index (χ0n) is 17.8. The van der Waals surface area contributed by atoms with Gasteiger partial charge in [-0.15, -0.1) is 0 Å². The molecule has 156 valence electrons. The summed E-state index contributed by atoms with van der Waals surface area (Å²) in [6.45, 7) is 8.38. The van der Waals surface area contributed by atoms with Crippen LogP contribution in [0.5, 0.6) is 0 Å². The van der Waals surface area contributed by atoms with Crippen LogP contribution in [-0.4, -0.2) is 27.6 Å². The van der Waals surface area contributed by atoms with Gasteiger partial charge in [-0.1, -0.05) is 51.1 Å². The molecular weight excluding hydrogens is 376 g/mol. The molecule has 6 nitrogen and oxygen atoms in total. The lowest BCUT2D eigenvalue weighted by Gasteiger charge is -2.19. The first-order chi connectivity index (χ1) is 14.2. The topological polar surface area (TPSA) is 76.0 Å². The maximum absolute atomic E-state index is 12.5. The van der Waals surface area contributed by atoms with Gasteiger partial charge in [0.05, 0.1) is 11.9 Å². The second kappa shape index (κ2) is 8.95. The van der Waals surface area contributed by atoms with Gasteiger partial charge in [-0.05, 0) is 42.2 Å². The number of benzene rings is 2. The summed E-state index contributed by atoms with van der Waals surface area (Å²) >= 11 is 0. The summed E-state index contributed by atoms with van der Waals surface area (Å²) in [7, 11) is 0. The van der Waals surface area contributed by atoms with Crippen LogP contribution in [0.15, 0.2) is 67.0 Å². The van der Waals surface area contributed by atoms with Crippen LogP contribution >= 0.6 is 0 Å². The van der Waals surface area contributed by atoms with Crippen LogP contribution in [0.1, 0.15) is 49.2 Å². The zero-order chi connectivity index (χ0) is 21.7. The van der Waals surface area contributed by atoms with Gasteiger partial charge < -0.3 is 10.6 Å². The van der Waals surface area contributed by atoms with E-state index in [-0.39, 0.29) is 17.2 Å². The molecule has 2 aromatic carbocycles. The van der Waals surface area contributed by atoms with Gasteiger partial charge in [0.25, 0.3) is 5.91 Å². The normalized spacial score (nSPS) is 12.3. The number of amides is 2. The molecular formula is C24H28N4O2. The fraction of sp³-hybridized carbons (Fsp3) is 0.292. The van der Waals surface area contributed by atoms with Gasteiger partial charge >= 0.3 is 0 Å². The van der Waals surface area contributed by atoms with Crippen molar-refractivity contribution in [2.24, 2.45) is 0 Å². The molecule has 1 aromatic heterocycles. The summed E-state index contributed by atoms with van der Waals surface area (Å²) in [5.74, 6) is -0.517. The van der Waals surface area contributed by atoms with Gasteiger partial charge in [0.15, 0.2) is 0 Å². The first kappa shape index (κ1) is 21.3. The summed E-state index contributed by atoms with van der Waals surface area (Å²) in [4.78, 5) is 24.8. The van der Waals surface area contributed by atoms with Crippen molar-refractivity contribution >= 4 is 11.8 Å². The summed E-state index contributed by atoms with van der Waals surface area (Å²) in [5, 5.41) is 9.91. The van der Waals surface area contributed by atoms with Crippen molar-refractivity contribution in [1.29, 1.82) is 0 Å². The monoisotopic (exact) mass is 404 g/mol. The number of aromatic nitrogens is 2. The van der Waals surface area contributed by atoms with Crippen LogP contribution in [0.25, 0.3) is 5.69 Å². The van der Waals surface area contributed by atoms with Crippen LogP contribution in [0.4, 0.5) is 0 Å². The van der Waals surface area contributed by atoms with E-state index in [2.05, 4.69) is 36.5 Å². The SMILES string of the molecule is C[C@@H](NC(=O)c1ccc(C(C)(C)C)cc1)C(=O)NCc1cnn(-c2ccccc2)c1. The number of hydrogen-bond donors (Lipinski definition) is 2. The third-order valence-corrected chi connectivity index (χ3v) is 4.88. The number of para-hydroxylation sites is 1. The van der Waals surface area contributed by atoms with E-state index in [1.807, 2.05) is 48.7 Å². The predicted octanol–water partition coefficient (Wildman–Crippen LogP) is 3.60. The average molecular weight is 405 g/mol. The fourth-order valence-corrected chi connectivity index (χ4v) is 2.98. The molecule has 6 heteroatoms. The molecule has 0 aliphatic rings. The lowest BCUT2D eigenvalue weighted by atomic mass is 9.86. The van der Waals surface area contributed by atoms with Crippen molar-refractivity contribution in [2.45, 2.75) is 45.7 Å². The summed E-state index contributed by atoms with van der Waals surface area (Å²) in [6, 6.07) is 16.6. The van der Waals surface area contributed by atoms with Gasteiger partial charge in [-0.2, -0.15) is 5.10 Å². The van der Waals surface area contributed by atoms with Crippen molar-refractivity contribution in [1.82, 2.24) is 20.4 Å². The molecule has 0 saturated heterocycles. The molecule has 0 aliphatic heterocycles. The van der Waals surface area contributed by atoms with E-state index in [9.17, 15) is 9.59 Å². The Kier molecular flexibility index (Phi) is 6.35. The van der Waals surface area contributed by atoms with E-state index in [0.717, 1.165) is 16.8 Å². The third kappa shape index (κ3) is 5.35. The quantitative estimate of drug-likeness (QED) is 0.659. The maximum atomic E-state index is 12.5. The van der Waals surface area contributed by atoms with E-state index in [1.54, 1.807) is 29.9 Å². The van der Waals surface area contributed by atoms with E-state index in [4.69, 9.17) is 0 Å². The molecule has 0 spiro atoms. The van der Waals surface area contributed by atoms with E-state index in [1.165, 1.54) is 0 Å². The summed E-state index contributed by atoms with van der Waals surface area (Å²) in [6.07, 6.45) is 3.59. The zero-order valence-corrected chi connectivity index (χ0v) is 17.8. The lowest BCUT2D eigenvalue weighted by Crippen LogP contribution is -2.44. The molecule has 0 fully saturated rings. The smallest absolute Gasteiger partial charge is 0.251 e. The molecule has 0 unspecified atom stereocenters. The first-order valence-electron chi connectivity index (χ1n) is 10.0. The fourth-order valence-electron chi connectivity index (χ4n) is 2.98. The van der Waals surface area contributed by atoms with Crippen LogP contribution < -0.4 is 10.6 Å². The molecule has 0 bridgehead atoms. The Balaban J connectivity index is 1.52. The number of rotatable bonds is 6. The highest BCUT2D eigenvalue weighted by atomic mass is 16.2. The molecule has 2 N–H and O–H groups in total. The number of nitrogens with one attached hydrogen (secondary N) is 2. The van der Waals surface area contributed by atoms with Gasteiger partial charge in [-0.25, -0.2) is 4.68 Å². The van der Waals surface area contributed by atoms with Crippen LogP contribution in [0.3, 0.4) is 0 Å². The highest BCUT2D eigenvalue weighted by Crippen LogP contribution is 2.22. The summed E-state index contributed by atoms with van der Waals surface area (Å²) in [5.41, 5.74) is 3.54. The molecule has 1 heterocycles. The standard InChI is InChI=1S/C24H28N4O2/c1-17(27-23(30)19-10-12-20(13-11-19)24(2,3)4)22(29)25-14-18-15-26-28(16-18)21-8-6-5-7-9-21/h5-13,15-17H,14H2,1-4H3,(H,25,29)(H,27,30)/t17-/m1/s1. The predicted molar refractivity (Wildman–Crippen MR) is 117 cm³/mol. The van der Waals surface area contributed by atoms with Crippen LogP contribution in [0.2, 0.25) is 0 Å². The molecule has 0 radical (unpaired) electrons. The van der Waals surface area contributed by atoms with Crippen molar-refractivity contribution in [3.8, 4) is 5.69 Å². The Morgan fingerprint density at radius 2 is 1.70 bits per heavy atom. The van der Waals surface area contributed by atoms with Gasteiger partial charge in [0, 0.05) is 23.9 Å². The molecule has 2 amide bonds. The molecule has 0 saturated carbocycles. The Hall–Kier alpha value is -3.41. The van der Waals surface area contributed by atoms with E-state index < -0.39 is 6.04 Å². The Morgan fingerprint density at radius 1 is 1.03 bits per heavy atom. The van der Waals surface area contributed by atoms with Gasteiger partial charge in [-0.3, -0.25) is 9.59 Å². The van der Waals surface area contributed by atoms with Gasteiger partial charge in [0.1, 0.15) is 6.04 Å². The van der Waals surface area contributed by atoms with Crippen molar-refractivity contribution in [2.75, 3.05) is 0 Å². The second-order valence-electron chi connectivity index (χ2n) is 8.37. The number of carbonyl (C=O) groups excluding carboxylic acids is 2.